The van der Waals surface area contributed by atoms with Gasteiger partial charge >= 0.3 is 0 Å². The second-order valence-electron chi connectivity index (χ2n) is 7.34. The maximum atomic E-state index is 14.0. The highest BCUT2D eigenvalue weighted by Gasteiger charge is 2.70. The molecule has 5 rings (SSSR count). The average Bonchev–Trinajstić information content (AvgIpc) is 3.21. The Balaban J connectivity index is 1.74. The normalized spacial score (nSPS) is 36.3. The van der Waals surface area contributed by atoms with Gasteiger partial charge in [0.2, 0.25) is 0 Å². The van der Waals surface area contributed by atoms with Crippen molar-refractivity contribution in [1.82, 2.24) is 4.90 Å². The smallest absolute Gasteiger partial charge is 0.265 e. The second-order valence-corrected chi connectivity index (χ2v) is 9.50. The Morgan fingerprint density at radius 1 is 1.07 bits per heavy atom. The van der Waals surface area contributed by atoms with Crippen LogP contribution in [0.5, 0.6) is 0 Å². The number of hydrogen-bond acceptors (Lipinski definition) is 5. The molecule has 4 unspecified atom stereocenters. The summed E-state index contributed by atoms with van der Waals surface area (Å²) in [6.45, 7) is 0. The Hall–Kier alpha value is -1.70. The van der Waals surface area contributed by atoms with E-state index in [0.29, 0.717) is 12.8 Å². The molecule has 3 aliphatic heterocycles. The first kappa shape index (κ1) is 17.4. The minimum Gasteiger partial charge on any atom is -0.387 e. The van der Waals surface area contributed by atoms with E-state index in [-0.39, 0.29) is 11.8 Å². The van der Waals surface area contributed by atoms with Crippen LogP contribution in [0, 0.1) is 0 Å². The van der Waals surface area contributed by atoms with Gasteiger partial charge in [0.1, 0.15) is 0 Å². The molecule has 1 aromatic rings. The molecule has 3 heterocycles. The third-order valence-corrected chi connectivity index (χ3v) is 8.59. The molecule has 0 bridgehead atoms. The summed E-state index contributed by atoms with van der Waals surface area (Å²) in [5.41, 5.74) is 2.80. The van der Waals surface area contributed by atoms with Crippen molar-refractivity contribution in [1.29, 1.82) is 0 Å². The molecule has 7 heteroatoms. The lowest BCUT2D eigenvalue weighted by Gasteiger charge is -2.52. The van der Waals surface area contributed by atoms with E-state index in [2.05, 4.69) is 0 Å². The number of aliphatic hydroxyl groups excluding tert-OH is 1. The van der Waals surface area contributed by atoms with Crippen LogP contribution in [0.2, 0.25) is 0 Å². The number of hydrogen-bond donors (Lipinski definition) is 1. The summed E-state index contributed by atoms with van der Waals surface area (Å²) in [6.07, 6.45) is 9.39. The van der Waals surface area contributed by atoms with E-state index in [1.165, 1.54) is 23.5 Å². The molecule has 2 saturated heterocycles. The van der Waals surface area contributed by atoms with Crippen molar-refractivity contribution in [2.24, 2.45) is 0 Å². The number of piperazine rings is 1. The van der Waals surface area contributed by atoms with Gasteiger partial charge in [-0.15, -0.1) is 23.5 Å². The lowest BCUT2D eigenvalue weighted by Crippen LogP contribution is -2.74. The lowest BCUT2D eigenvalue weighted by atomic mass is 9.96. The van der Waals surface area contributed by atoms with Crippen molar-refractivity contribution in [2.75, 3.05) is 17.4 Å². The highest BCUT2D eigenvalue weighted by atomic mass is 32.2. The summed E-state index contributed by atoms with van der Waals surface area (Å²) in [7, 11) is 0. The third kappa shape index (κ3) is 1.92. The van der Waals surface area contributed by atoms with Crippen LogP contribution in [-0.2, 0) is 16.0 Å². The number of para-hydroxylation sites is 1. The molecule has 0 radical (unpaired) electrons. The fourth-order valence-electron chi connectivity index (χ4n) is 4.98. The average molecular weight is 401 g/mol. The number of rotatable bonds is 2. The molecule has 1 N–H and O–H groups in total. The minimum atomic E-state index is -1.00. The van der Waals surface area contributed by atoms with E-state index in [1.54, 1.807) is 15.9 Å². The van der Waals surface area contributed by atoms with Crippen LogP contribution < -0.4 is 4.90 Å². The molecule has 2 fully saturated rings. The molecule has 4 atom stereocenters. The maximum Gasteiger partial charge on any atom is 0.265 e. The van der Waals surface area contributed by atoms with E-state index in [4.69, 9.17) is 0 Å². The van der Waals surface area contributed by atoms with Gasteiger partial charge in [-0.1, -0.05) is 36.4 Å². The maximum absolute atomic E-state index is 14.0. The van der Waals surface area contributed by atoms with Crippen LogP contribution in [0.15, 0.2) is 48.1 Å². The van der Waals surface area contributed by atoms with Gasteiger partial charge in [-0.2, -0.15) is 0 Å². The van der Waals surface area contributed by atoms with E-state index >= 15 is 0 Å². The van der Waals surface area contributed by atoms with Gasteiger partial charge < -0.3 is 10.0 Å². The van der Waals surface area contributed by atoms with Crippen molar-refractivity contribution < 1.29 is 14.7 Å². The summed E-state index contributed by atoms with van der Waals surface area (Å²) in [5.74, 6) is -0.140. The van der Waals surface area contributed by atoms with Gasteiger partial charge in [0.15, 0.2) is 9.74 Å². The quantitative estimate of drug-likeness (QED) is 0.825. The monoisotopic (exact) mass is 400 g/mol. The van der Waals surface area contributed by atoms with Crippen molar-refractivity contribution >= 4 is 41.0 Å². The molecule has 5 nitrogen and oxygen atoms in total. The molecular formula is C20H20N2O3S2. The Labute approximate surface area is 166 Å². The number of nitrogens with zero attached hydrogens (tertiary/aromatic N) is 2. The van der Waals surface area contributed by atoms with E-state index in [9.17, 15) is 14.7 Å². The summed E-state index contributed by atoms with van der Waals surface area (Å²) in [5, 5.41) is 10.6. The zero-order chi connectivity index (χ0) is 19.0. The van der Waals surface area contributed by atoms with Crippen LogP contribution in [0.25, 0.3) is 0 Å². The predicted octanol–water partition coefficient (Wildman–Crippen LogP) is 2.17. The molecule has 140 valence electrons. The molecule has 27 heavy (non-hydrogen) atoms. The number of thioether (sulfide) groups is 2. The Kier molecular flexibility index (Phi) is 3.64. The topological polar surface area (TPSA) is 60.9 Å². The summed E-state index contributed by atoms with van der Waals surface area (Å²) in [6, 6.07) is 7.32. The van der Waals surface area contributed by atoms with Crippen molar-refractivity contribution in [2.45, 2.75) is 34.7 Å². The van der Waals surface area contributed by atoms with Gasteiger partial charge in [0, 0.05) is 18.5 Å². The Morgan fingerprint density at radius 2 is 1.81 bits per heavy atom. The number of benzene rings is 1. The van der Waals surface area contributed by atoms with Crippen LogP contribution in [-0.4, -0.2) is 56.2 Å². The lowest BCUT2D eigenvalue weighted by molar-refractivity contribution is -0.150. The molecule has 0 aromatic heterocycles. The zero-order valence-electron chi connectivity index (χ0n) is 15.1. The molecule has 2 amide bonds. The van der Waals surface area contributed by atoms with Gasteiger partial charge in [0.25, 0.3) is 11.8 Å². The number of allylic oxidation sites excluding steroid dienone is 2. The molecule has 1 aliphatic carbocycles. The largest absolute Gasteiger partial charge is 0.387 e. The van der Waals surface area contributed by atoms with Crippen LogP contribution in [0.3, 0.4) is 0 Å². The van der Waals surface area contributed by atoms with Gasteiger partial charge in [-0.3, -0.25) is 14.5 Å². The fourth-order valence-corrected chi connectivity index (χ4v) is 6.89. The predicted molar refractivity (Wildman–Crippen MR) is 109 cm³/mol. The first-order valence-electron chi connectivity index (χ1n) is 8.92. The van der Waals surface area contributed by atoms with E-state index in [1.807, 2.05) is 48.9 Å². The zero-order valence-corrected chi connectivity index (χ0v) is 16.7. The number of fused-ring (bicyclic) bond motifs is 6. The van der Waals surface area contributed by atoms with E-state index in [0.717, 1.165) is 16.8 Å². The number of aliphatic hydroxyl groups is 1. The second kappa shape index (κ2) is 5.65. The molecular weight excluding hydrogens is 380 g/mol. The first-order valence-corrected chi connectivity index (χ1v) is 11.4. The Bertz CT molecular complexity index is 930. The number of carbonyl (C=O) groups is 2. The Morgan fingerprint density at radius 3 is 2.56 bits per heavy atom. The summed E-state index contributed by atoms with van der Waals surface area (Å²) >= 11 is 2.82. The highest BCUT2D eigenvalue weighted by molar-refractivity contribution is 8.01. The third-order valence-electron chi connectivity index (χ3n) is 6.22. The molecule has 1 aromatic carbocycles. The van der Waals surface area contributed by atoms with Crippen LogP contribution >= 0.6 is 23.5 Å². The molecule has 0 saturated carbocycles. The minimum absolute atomic E-state index is 0.0589. The SMILES string of the molecule is CSC12Cc3ccccc3N1C(=O)C1(SC)CC3=CC=CC(O)C3N1C2=O. The van der Waals surface area contributed by atoms with Crippen molar-refractivity contribution in [3.63, 3.8) is 0 Å². The summed E-state index contributed by atoms with van der Waals surface area (Å²) in [4.78, 5) is 29.3. The number of amides is 2. The van der Waals surface area contributed by atoms with Gasteiger partial charge in [-0.25, -0.2) is 0 Å². The van der Waals surface area contributed by atoms with Gasteiger partial charge in [0.05, 0.1) is 12.1 Å². The van der Waals surface area contributed by atoms with E-state index < -0.39 is 21.9 Å². The highest BCUT2D eigenvalue weighted by Crippen LogP contribution is 2.58. The van der Waals surface area contributed by atoms with Gasteiger partial charge in [-0.05, 0) is 29.7 Å². The molecule has 0 spiro atoms. The van der Waals surface area contributed by atoms with Crippen LogP contribution in [0.4, 0.5) is 5.69 Å². The number of anilines is 1. The first-order chi connectivity index (χ1) is 13.0. The van der Waals surface area contributed by atoms with Crippen molar-refractivity contribution in [3.05, 3.63) is 53.6 Å². The molecule has 4 aliphatic rings. The van der Waals surface area contributed by atoms with Crippen molar-refractivity contribution in [3.8, 4) is 0 Å². The fraction of sp³-hybridized carbons (Fsp3) is 0.400. The standard InChI is InChI=1S/C20H20N2O3S2/c1-26-19-10-12-6-3-4-8-14(12)21(19)17(24)20(27-2)11-13-7-5-9-15(23)16(13)22(20)18(19)25/h3-9,15-16,23H,10-11H2,1-2H3. The summed E-state index contributed by atoms with van der Waals surface area (Å²) < 4.78 is 0. The number of carbonyl (C=O) groups excluding carboxylic acids is 2. The van der Waals surface area contributed by atoms with Crippen LogP contribution in [0.1, 0.15) is 12.0 Å².